The van der Waals surface area contributed by atoms with Crippen molar-refractivity contribution in [3.63, 3.8) is 0 Å². The van der Waals surface area contributed by atoms with E-state index in [9.17, 15) is 0 Å². The Morgan fingerprint density at radius 1 is 1.27 bits per heavy atom. The molecule has 0 aromatic carbocycles. The van der Waals surface area contributed by atoms with E-state index >= 15 is 0 Å². The highest BCUT2D eigenvalue weighted by atomic mass is 15.2. The molecule has 0 aliphatic carbocycles. The molecule has 0 amide bonds. The first-order chi connectivity index (χ1) is 7.16. The topological polar surface area (TPSA) is 8.17 Å². The van der Waals surface area contributed by atoms with Crippen LogP contribution in [0.15, 0.2) is 23.4 Å². The lowest BCUT2D eigenvalue weighted by Gasteiger charge is -2.27. The monoisotopic (exact) mass is 198 g/mol. The van der Waals surface area contributed by atoms with Gasteiger partial charge in [0.05, 0.1) is 0 Å². The molecule has 2 nitrogen and oxygen atoms in total. The van der Waals surface area contributed by atoms with Crippen molar-refractivity contribution in [2.75, 3.05) is 6.54 Å². The lowest BCUT2D eigenvalue weighted by atomic mass is 9.99. The molecule has 0 atom stereocenters. The minimum absolute atomic E-state index is 1.01. The number of allylic oxidation sites excluding steroid dienone is 1. The summed E-state index contributed by atoms with van der Waals surface area (Å²) in [5.74, 6) is 0. The molecule has 0 saturated heterocycles. The first-order valence-electron chi connectivity index (χ1n) is 5.47. The molecule has 0 saturated carbocycles. The van der Waals surface area contributed by atoms with Gasteiger partial charge in [-0.05, 0) is 44.1 Å². The molecule has 1 aromatic rings. The number of nitrogens with zero attached hydrogens (tertiary/aromatic N) is 2. The van der Waals surface area contributed by atoms with Crippen molar-refractivity contribution in [3.05, 3.63) is 40.4 Å². The van der Waals surface area contributed by atoms with E-state index in [1.165, 1.54) is 28.2 Å². The third-order valence-corrected chi connectivity index (χ3v) is 3.49. The summed E-state index contributed by atoms with van der Waals surface area (Å²) in [6, 6.07) is 2.27. The van der Waals surface area contributed by atoms with Crippen molar-refractivity contribution < 1.29 is 0 Å². The van der Waals surface area contributed by atoms with Crippen molar-refractivity contribution >= 4 is 13.6 Å². The third kappa shape index (κ3) is 1.12. The highest BCUT2D eigenvalue weighted by molar-refractivity contribution is 6.33. The first kappa shape index (κ1) is 8.90. The molecule has 0 fully saturated rings. The second kappa shape index (κ2) is 2.81. The van der Waals surface area contributed by atoms with E-state index in [1.807, 2.05) is 0 Å². The van der Waals surface area contributed by atoms with Crippen LogP contribution in [0.1, 0.15) is 23.9 Å². The Morgan fingerprint density at radius 2 is 2.07 bits per heavy atom. The van der Waals surface area contributed by atoms with Crippen LogP contribution in [0.5, 0.6) is 0 Å². The smallest absolute Gasteiger partial charge is 0.361 e. The molecule has 3 rings (SSSR count). The number of rotatable bonds is 0. The summed E-state index contributed by atoms with van der Waals surface area (Å²) < 4.78 is 2.39. The zero-order chi connectivity index (χ0) is 10.6. The summed E-state index contributed by atoms with van der Waals surface area (Å²) in [6.07, 6.45) is 4.63. The summed E-state index contributed by atoms with van der Waals surface area (Å²) in [4.78, 5) is 2.43. The maximum Gasteiger partial charge on any atom is 0.361 e. The molecular formula is C12H15BN2. The van der Waals surface area contributed by atoms with E-state index in [4.69, 9.17) is 0 Å². The lowest BCUT2D eigenvalue weighted by Crippen LogP contribution is -2.33. The van der Waals surface area contributed by atoms with Gasteiger partial charge < -0.3 is 9.29 Å². The van der Waals surface area contributed by atoms with Gasteiger partial charge in [0.1, 0.15) is 0 Å². The van der Waals surface area contributed by atoms with Crippen molar-refractivity contribution in [2.45, 2.75) is 20.8 Å². The Morgan fingerprint density at radius 3 is 2.87 bits per heavy atom. The van der Waals surface area contributed by atoms with Crippen molar-refractivity contribution in [1.29, 1.82) is 0 Å². The molecule has 3 heteroatoms. The molecule has 0 spiro atoms. The van der Waals surface area contributed by atoms with E-state index in [2.05, 4.69) is 48.3 Å². The van der Waals surface area contributed by atoms with Gasteiger partial charge >= 0.3 is 7.55 Å². The molecule has 15 heavy (non-hydrogen) atoms. The van der Waals surface area contributed by atoms with Gasteiger partial charge in [0.15, 0.2) is 0 Å². The molecule has 3 heterocycles. The second-order valence-corrected chi connectivity index (χ2v) is 4.56. The SMILES string of the molecule is CC1=CCN2Bn3c(C)cc(C)c3C=C12. The van der Waals surface area contributed by atoms with Crippen LogP contribution in [0.25, 0.3) is 6.08 Å². The molecule has 0 unspecified atom stereocenters. The first-order valence-corrected chi connectivity index (χ1v) is 5.47. The predicted octanol–water partition coefficient (Wildman–Crippen LogP) is 1.84. The average molecular weight is 198 g/mol. The molecule has 2 aliphatic heterocycles. The Hall–Kier alpha value is -1.38. The number of hydrogen-bond donors (Lipinski definition) is 0. The van der Waals surface area contributed by atoms with Crippen LogP contribution in [0.3, 0.4) is 0 Å². The zero-order valence-corrected chi connectivity index (χ0v) is 9.54. The predicted molar refractivity (Wildman–Crippen MR) is 64.9 cm³/mol. The van der Waals surface area contributed by atoms with Gasteiger partial charge in [-0.2, -0.15) is 0 Å². The van der Waals surface area contributed by atoms with Gasteiger partial charge in [-0.25, -0.2) is 0 Å². The fraction of sp³-hybridized carbons (Fsp3) is 0.333. The van der Waals surface area contributed by atoms with Crippen LogP contribution in [0.4, 0.5) is 0 Å². The van der Waals surface area contributed by atoms with Gasteiger partial charge in [0, 0.05) is 23.6 Å². The maximum atomic E-state index is 2.43. The molecule has 0 radical (unpaired) electrons. The summed E-state index contributed by atoms with van der Waals surface area (Å²) in [5.41, 5.74) is 6.96. The second-order valence-electron chi connectivity index (χ2n) is 4.56. The van der Waals surface area contributed by atoms with E-state index in [1.54, 1.807) is 0 Å². The molecule has 76 valence electrons. The van der Waals surface area contributed by atoms with Crippen LogP contribution in [-0.4, -0.2) is 23.4 Å². The maximum absolute atomic E-state index is 2.43. The fourth-order valence-corrected chi connectivity index (χ4v) is 2.59. The summed E-state index contributed by atoms with van der Waals surface area (Å²) in [6.45, 7) is 7.64. The quantitative estimate of drug-likeness (QED) is 0.577. The molecule has 0 N–H and O–H groups in total. The normalized spacial score (nSPS) is 17.9. The minimum atomic E-state index is 1.01. The number of fused-ring (bicyclic) bond motifs is 2. The third-order valence-electron chi connectivity index (χ3n) is 3.49. The van der Waals surface area contributed by atoms with Crippen LogP contribution < -0.4 is 0 Å². The van der Waals surface area contributed by atoms with Gasteiger partial charge in [0.25, 0.3) is 0 Å². The van der Waals surface area contributed by atoms with Gasteiger partial charge in [-0.1, -0.05) is 6.08 Å². The van der Waals surface area contributed by atoms with Crippen molar-refractivity contribution in [1.82, 2.24) is 9.29 Å². The van der Waals surface area contributed by atoms with Gasteiger partial charge in [-0.3, -0.25) is 0 Å². The summed E-state index contributed by atoms with van der Waals surface area (Å²) in [7, 11) is 1.01. The van der Waals surface area contributed by atoms with Crippen LogP contribution in [-0.2, 0) is 0 Å². The Balaban J connectivity index is 2.18. The van der Waals surface area contributed by atoms with E-state index in [-0.39, 0.29) is 0 Å². The summed E-state index contributed by atoms with van der Waals surface area (Å²) >= 11 is 0. The number of hydrogen-bond acceptors (Lipinski definition) is 1. The summed E-state index contributed by atoms with van der Waals surface area (Å²) in [5, 5.41) is 0. The van der Waals surface area contributed by atoms with Crippen molar-refractivity contribution in [3.8, 4) is 0 Å². The highest BCUT2D eigenvalue weighted by Crippen LogP contribution is 2.30. The molecule has 0 bridgehead atoms. The molecule has 1 aromatic heterocycles. The van der Waals surface area contributed by atoms with Crippen LogP contribution in [0, 0.1) is 13.8 Å². The van der Waals surface area contributed by atoms with Gasteiger partial charge in [-0.15, -0.1) is 0 Å². The number of aryl methyl sites for hydroxylation is 2. The Kier molecular flexibility index (Phi) is 1.67. The van der Waals surface area contributed by atoms with Gasteiger partial charge in [0.2, 0.25) is 0 Å². The Bertz CT molecular complexity index is 494. The average Bonchev–Trinajstić information content (AvgIpc) is 2.70. The number of aromatic nitrogens is 1. The molecule has 2 aliphatic rings. The standard InChI is InChI=1S/C12H15BN2/c1-8-4-5-14-11(8)7-12-9(2)6-10(3)15(12)13-14/h4,6-7,13H,5H2,1-3H3. The van der Waals surface area contributed by atoms with E-state index in [0.717, 1.165) is 14.1 Å². The van der Waals surface area contributed by atoms with E-state index in [0.29, 0.717) is 0 Å². The van der Waals surface area contributed by atoms with E-state index < -0.39 is 0 Å². The highest BCUT2D eigenvalue weighted by Gasteiger charge is 2.25. The van der Waals surface area contributed by atoms with Crippen molar-refractivity contribution in [2.24, 2.45) is 0 Å². The minimum Gasteiger partial charge on any atom is -0.395 e. The largest absolute Gasteiger partial charge is 0.395 e. The Labute approximate surface area is 91.2 Å². The van der Waals surface area contributed by atoms with Crippen LogP contribution in [0.2, 0.25) is 0 Å². The zero-order valence-electron chi connectivity index (χ0n) is 9.54. The molecular weight excluding hydrogens is 183 g/mol. The lowest BCUT2D eigenvalue weighted by molar-refractivity contribution is 0.626. The van der Waals surface area contributed by atoms with Crippen LogP contribution >= 0.6 is 0 Å². The fourth-order valence-electron chi connectivity index (χ4n) is 2.59.